The Hall–Kier alpha value is -4.36. The van der Waals surface area contributed by atoms with E-state index in [1.165, 1.54) is 24.3 Å². The predicted molar refractivity (Wildman–Crippen MR) is 123 cm³/mol. The third-order valence-electron chi connectivity index (χ3n) is 4.64. The van der Waals surface area contributed by atoms with Crippen molar-refractivity contribution < 1.29 is 27.6 Å². The molecule has 0 aliphatic heterocycles. The SMILES string of the molecule is Cc1ccc(NC(=O)/C(C#N)=C\c2ccc(Oc3ccc(C(F)(F)F)cc3[N+](=O)[O-])c(Cl)c2)cc1. The van der Waals surface area contributed by atoms with Crippen LogP contribution in [0.5, 0.6) is 11.5 Å². The van der Waals surface area contributed by atoms with Crippen molar-refractivity contribution in [2.45, 2.75) is 13.1 Å². The van der Waals surface area contributed by atoms with Crippen LogP contribution in [0.25, 0.3) is 6.08 Å². The van der Waals surface area contributed by atoms with Gasteiger partial charge < -0.3 is 10.1 Å². The minimum atomic E-state index is -4.76. The van der Waals surface area contributed by atoms with Crippen molar-refractivity contribution >= 4 is 35.0 Å². The van der Waals surface area contributed by atoms with Gasteiger partial charge in [-0.3, -0.25) is 14.9 Å². The first-order chi connectivity index (χ1) is 16.5. The lowest BCUT2D eigenvalue weighted by Crippen LogP contribution is -2.13. The number of hydrogen-bond acceptors (Lipinski definition) is 5. The fraction of sp³-hybridized carbons (Fsp3) is 0.0833. The largest absolute Gasteiger partial charge is 0.449 e. The zero-order chi connectivity index (χ0) is 25.8. The van der Waals surface area contributed by atoms with Crippen LogP contribution < -0.4 is 10.1 Å². The van der Waals surface area contributed by atoms with Crippen molar-refractivity contribution in [3.8, 4) is 17.6 Å². The van der Waals surface area contributed by atoms with E-state index in [-0.39, 0.29) is 16.3 Å². The standard InChI is InChI=1S/C24H15ClF3N3O4/c1-14-2-6-18(7-3-14)30-23(32)16(13-29)10-15-4-8-21(19(25)11-15)35-22-9-5-17(24(26,27)28)12-20(22)31(33)34/h2-12H,1H3,(H,30,32)/b16-10-. The molecule has 3 aromatic rings. The summed E-state index contributed by atoms with van der Waals surface area (Å²) < 4.78 is 44.0. The summed E-state index contributed by atoms with van der Waals surface area (Å²) >= 11 is 6.18. The summed E-state index contributed by atoms with van der Waals surface area (Å²) in [6.07, 6.45) is -3.49. The maximum atomic E-state index is 12.9. The topological polar surface area (TPSA) is 105 Å². The van der Waals surface area contributed by atoms with E-state index in [0.29, 0.717) is 23.4 Å². The number of carbonyl (C=O) groups excluding carboxylic acids is 1. The van der Waals surface area contributed by atoms with Crippen LogP contribution >= 0.6 is 11.6 Å². The van der Waals surface area contributed by atoms with E-state index in [1.54, 1.807) is 30.3 Å². The Labute approximate surface area is 202 Å². The van der Waals surface area contributed by atoms with Gasteiger partial charge in [-0.15, -0.1) is 0 Å². The highest BCUT2D eigenvalue weighted by Crippen LogP contribution is 2.39. The molecule has 11 heteroatoms. The van der Waals surface area contributed by atoms with Gasteiger partial charge in [0.2, 0.25) is 5.75 Å². The fourth-order valence-corrected chi connectivity index (χ4v) is 3.11. The number of ether oxygens (including phenoxy) is 1. The molecule has 0 aliphatic rings. The van der Waals surface area contributed by atoms with Crippen molar-refractivity contribution in [1.82, 2.24) is 0 Å². The molecule has 3 aromatic carbocycles. The van der Waals surface area contributed by atoms with Crippen LogP contribution in [0.15, 0.2) is 66.2 Å². The normalized spacial score (nSPS) is 11.5. The molecule has 0 heterocycles. The average Bonchev–Trinajstić information content (AvgIpc) is 2.80. The number of nitro groups is 1. The number of hydrogen-bond donors (Lipinski definition) is 1. The highest BCUT2D eigenvalue weighted by atomic mass is 35.5. The molecule has 7 nitrogen and oxygen atoms in total. The lowest BCUT2D eigenvalue weighted by molar-refractivity contribution is -0.385. The van der Waals surface area contributed by atoms with Gasteiger partial charge >= 0.3 is 11.9 Å². The van der Waals surface area contributed by atoms with Gasteiger partial charge in [-0.05, 0) is 55.0 Å². The smallest absolute Gasteiger partial charge is 0.416 e. The lowest BCUT2D eigenvalue weighted by atomic mass is 10.1. The quantitative estimate of drug-likeness (QED) is 0.171. The minimum absolute atomic E-state index is 0.0517. The van der Waals surface area contributed by atoms with Gasteiger partial charge in [0.15, 0.2) is 0 Å². The predicted octanol–water partition coefficient (Wildman–Crippen LogP) is 6.91. The van der Waals surface area contributed by atoms with Gasteiger partial charge in [-0.25, -0.2) is 0 Å². The molecule has 0 radical (unpaired) electrons. The molecule has 0 saturated carbocycles. The molecule has 0 spiro atoms. The molecule has 1 amide bonds. The molecule has 0 atom stereocenters. The number of nitro benzene ring substituents is 1. The number of amides is 1. The van der Waals surface area contributed by atoms with Crippen molar-refractivity contribution in [3.63, 3.8) is 0 Å². The summed E-state index contributed by atoms with van der Waals surface area (Å²) in [7, 11) is 0. The van der Waals surface area contributed by atoms with E-state index in [0.717, 1.165) is 11.6 Å². The maximum absolute atomic E-state index is 12.9. The first-order valence-corrected chi connectivity index (χ1v) is 10.2. The summed E-state index contributed by atoms with van der Waals surface area (Å²) in [6, 6.07) is 14.7. The van der Waals surface area contributed by atoms with Gasteiger partial charge in [0.1, 0.15) is 17.4 Å². The molecular weight excluding hydrogens is 487 g/mol. The first-order valence-electron chi connectivity index (χ1n) is 9.81. The van der Waals surface area contributed by atoms with Crippen LogP contribution in [0.1, 0.15) is 16.7 Å². The van der Waals surface area contributed by atoms with Gasteiger partial charge in [0, 0.05) is 11.8 Å². The zero-order valence-electron chi connectivity index (χ0n) is 17.9. The number of aryl methyl sites for hydroxylation is 1. The average molecular weight is 502 g/mol. The number of nitriles is 1. The molecular formula is C24H15ClF3N3O4. The van der Waals surface area contributed by atoms with E-state index in [2.05, 4.69) is 5.32 Å². The van der Waals surface area contributed by atoms with Crippen molar-refractivity contribution in [2.24, 2.45) is 0 Å². The molecule has 0 aromatic heterocycles. The molecule has 0 saturated heterocycles. The molecule has 0 unspecified atom stereocenters. The van der Waals surface area contributed by atoms with Crippen LogP contribution in [-0.2, 0) is 11.0 Å². The van der Waals surface area contributed by atoms with Gasteiger partial charge in [-0.2, -0.15) is 18.4 Å². The highest BCUT2D eigenvalue weighted by Gasteiger charge is 2.33. The summed E-state index contributed by atoms with van der Waals surface area (Å²) in [5, 5.41) is 23.2. The Bertz CT molecular complexity index is 1360. The summed E-state index contributed by atoms with van der Waals surface area (Å²) in [5.74, 6) is -1.16. The van der Waals surface area contributed by atoms with E-state index < -0.39 is 34.0 Å². The Balaban J connectivity index is 1.83. The molecule has 1 N–H and O–H groups in total. The number of halogens is 4. The van der Waals surface area contributed by atoms with E-state index in [4.69, 9.17) is 16.3 Å². The Morgan fingerprint density at radius 3 is 2.34 bits per heavy atom. The zero-order valence-corrected chi connectivity index (χ0v) is 18.6. The highest BCUT2D eigenvalue weighted by molar-refractivity contribution is 6.32. The number of nitrogens with one attached hydrogen (secondary N) is 1. The monoisotopic (exact) mass is 501 g/mol. The second-order valence-electron chi connectivity index (χ2n) is 7.22. The first kappa shape index (κ1) is 25.3. The summed E-state index contributed by atoms with van der Waals surface area (Å²) in [4.78, 5) is 22.7. The van der Waals surface area contributed by atoms with Crippen LogP contribution in [0, 0.1) is 28.4 Å². The van der Waals surface area contributed by atoms with Crippen molar-refractivity contribution in [1.29, 1.82) is 5.26 Å². The Kier molecular flexibility index (Phi) is 7.42. The molecule has 0 aliphatic carbocycles. The Morgan fingerprint density at radius 1 is 1.11 bits per heavy atom. The number of rotatable bonds is 6. The third-order valence-corrected chi connectivity index (χ3v) is 4.94. The molecule has 0 bridgehead atoms. The number of carbonyl (C=O) groups is 1. The van der Waals surface area contributed by atoms with Crippen LogP contribution in [0.4, 0.5) is 24.5 Å². The molecule has 178 valence electrons. The fourth-order valence-electron chi connectivity index (χ4n) is 2.88. The van der Waals surface area contributed by atoms with Gasteiger partial charge in [0.05, 0.1) is 15.5 Å². The second kappa shape index (κ2) is 10.3. The third kappa shape index (κ3) is 6.37. The number of benzene rings is 3. The molecule has 3 rings (SSSR count). The Morgan fingerprint density at radius 2 is 1.77 bits per heavy atom. The van der Waals surface area contributed by atoms with Crippen molar-refractivity contribution in [3.05, 3.63) is 98.1 Å². The number of nitrogens with zero attached hydrogens (tertiary/aromatic N) is 2. The molecule has 0 fully saturated rings. The van der Waals surface area contributed by atoms with Crippen molar-refractivity contribution in [2.75, 3.05) is 5.32 Å². The number of anilines is 1. The molecule has 35 heavy (non-hydrogen) atoms. The van der Waals surface area contributed by atoms with E-state index in [1.807, 2.05) is 6.92 Å². The second-order valence-corrected chi connectivity index (χ2v) is 7.63. The van der Waals surface area contributed by atoms with E-state index in [9.17, 15) is 33.3 Å². The maximum Gasteiger partial charge on any atom is 0.416 e. The van der Waals surface area contributed by atoms with Gasteiger partial charge in [0.25, 0.3) is 5.91 Å². The van der Waals surface area contributed by atoms with Crippen LogP contribution in [0.2, 0.25) is 5.02 Å². The van der Waals surface area contributed by atoms with Crippen LogP contribution in [-0.4, -0.2) is 10.8 Å². The van der Waals surface area contributed by atoms with Crippen LogP contribution in [0.3, 0.4) is 0 Å². The minimum Gasteiger partial charge on any atom is -0.449 e. The number of alkyl halides is 3. The lowest BCUT2D eigenvalue weighted by Gasteiger charge is -2.11. The summed E-state index contributed by atoms with van der Waals surface area (Å²) in [6.45, 7) is 1.89. The van der Waals surface area contributed by atoms with Gasteiger partial charge in [-0.1, -0.05) is 35.4 Å². The van der Waals surface area contributed by atoms with E-state index >= 15 is 0 Å². The summed E-state index contributed by atoms with van der Waals surface area (Å²) in [5.41, 5.74) is -0.455.